The van der Waals surface area contributed by atoms with E-state index in [4.69, 9.17) is 63.2 Å². The van der Waals surface area contributed by atoms with Gasteiger partial charge in [-0.3, -0.25) is 9.69 Å². The Kier molecular flexibility index (Phi) is 13.4. The number of aryl methyl sites for hydroxylation is 1. The second-order valence-corrected chi connectivity index (χ2v) is 18.9. The van der Waals surface area contributed by atoms with E-state index in [-0.39, 0.29) is 51.2 Å². The Morgan fingerprint density at radius 2 is 1.53 bits per heavy atom. The highest BCUT2D eigenvalue weighted by molar-refractivity contribution is 7.14. The number of hydrogen-bond acceptors (Lipinski definition) is 11. The van der Waals surface area contributed by atoms with E-state index in [0.717, 1.165) is 18.4 Å². The summed E-state index contributed by atoms with van der Waals surface area (Å²) in [5, 5.41) is 1.48. The van der Waals surface area contributed by atoms with Gasteiger partial charge in [-0.2, -0.15) is 0 Å². The van der Waals surface area contributed by atoms with E-state index in [1.165, 1.54) is 25.6 Å². The van der Waals surface area contributed by atoms with Crippen LogP contribution >= 0.6 is 46.1 Å². The Balaban J connectivity index is 1.38. The topological polar surface area (TPSA) is 129 Å². The van der Waals surface area contributed by atoms with Gasteiger partial charge in [0.2, 0.25) is 0 Å². The lowest BCUT2D eigenvalue weighted by Gasteiger charge is -2.51. The molecule has 2 aromatic carbocycles. The number of piperazine rings is 1. The zero-order valence-electron chi connectivity index (χ0n) is 34.8. The van der Waals surface area contributed by atoms with Gasteiger partial charge in [-0.1, -0.05) is 52.2 Å². The van der Waals surface area contributed by atoms with Crippen LogP contribution in [0.15, 0.2) is 36.0 Å². The number of methoxy groups -OCH3 is 2. The predicted octanol–water partition coefficient (Wildman–Crippen LogP) is 9.46. The van der Waals surface area contributed by atoms with Crippen LogP contribution in [0.25, 0.3) is 5.57 Å². The summed E-state index contributed by atoms with van der Waals surface area (Å²) >= 11 is 20.9. The van der Waals surface area contributed by atoms with Crippen LogP contribution in [0.3, 0.4) is 0 Å². The molecule has 1 unspecified atom stereocenters. The fraction of sp³-hybridized carbons (Fsp3) is 0.524. The molecule has 1 saturated heterocycles. The highest BCUT2D eigenvalue weighted by atomic mass is 35.5. The third-order valence-electron chi connectivity index (χ3n) is 9.77. The highest BCUT2D eigenvalue weighted by Crippen LogP contribution is 2.45. The Labute approximate surface area is 364 Å². The molecule has 3 heterocycles. The average molecular weight is 894 g/mol. The third kappa shape index (κ3) is 10.4. The van der Waals surface area contributed by atoms with Crippen LogP contribution < -0.4 is 18.9 Å². The smallest absolute Gasteiger partial charge is 0.411 e. The molecule has 6 rings (SSSR count). The van der Waals surface area contributed by atoms with E-state index in [1.807, 2.05) is 13.0 Å². The first-order valence-electron chi connectivity index (χ1n) is 19.4. The van der Waals surface area contributed by atoms with Crippen molar-refractivity contribution in [3.05, 3.63) is 67.1 Å². The minimum absolute atomic E-state index is 0.00548. The minimum atomic E-state index is -0.890. The molecule has 17 heteroatoms. The maximum atomic E-state index is 15.4. The zero-order chi connectivity index (χ0) is 43.0. The van der Waals surface area contributed by atoms with Crippen molar-refractivity contribution in [1.29, 1.82) is 0 Å². The number of nitrogens with zero attached hydrogens (tertiary/aromatic N) is 4. The molecule has 2 fully saturated rings. The summed E-state index contributed by atoms with van der Waals surface area (Å²) in [7, 11) is 3.04. The van der Waals surface area contributed by atoms with Gasteiger partial charge >= 0.3 is 12.2 Å². The van der Waals surface area contributed by atoms with Gasteiger partial charge in [-0.25, -0.2) is 14.6 Å². The first kappa shape index (κ1) is 44.4. The first-order chi connectivity index (χ1) is 27.8. The molecule has 1 aromatic heterocycles. The van der Waals surface area contributed by atoms with Gasteiger partial charge in [0.05, 0.1) is 46.2 Å². The zero-order valence-corrected chi connectivity index (χ0v) is 37.9. The number of carbonyl (C=O) groups is 3. The van der Waals surface area contributed by atoms with Gasteiger partial charge in [-0.15, -0.1) is 0 Å². The van der Waals surface area contributed by atoms with E-state index in [9.17, 15) is 9.59 Å². The van der Waals surface area contributed by atoms with Crippen molar-refractivity contribution in [2.75, 3.05) is 40.5 Å². The van der Waals surface area contributed by atoms with Crippen molar-refractivity contribution in [2.45, 2.75) is 104 Å². The molecule has 2 atom stereocenters. The lowest BCUT2D eigenvalue weighted by atomic mass is 9.83. The number of amides is 3. The van der Waals surface area contributed by atoms with E-state index in [0.29, 0.717) is 59.1 Å². The molecule has 0 N–H and O–H groups in total. The molecular formula is C42H51Cl3N4O9S. The van der Waals surface area contributed by atoms with Gasteiger partial charge in [0.15, 0.2) is 17.2 Å². The van der Waals surface area contributed by atoms with Crippen molar-refractivity contribution < 1.29 is 42.8 Å². The number of aromatic nitrogens is 1. The molecular weight excluding hydrogens is 843 g/mol. The van der Waals surface area contributed by atoms with Gasteiger partial charge in [0.25, 0.3) is 11.1 Å². The summed E-state index contributed by atoms with van der Waals surface area (Å²) in [5.41, 5.74) is 1.05. The van der Waals surface area contributed by atoms with Gasteiger partial charge in [0.1, 0.15) is 24.4 Å². The minimum Gasteiger partial charge on any atom is -0.493 e. The maximum absolute atomic E-state index is 15.4. The molecule has 13 nitrogen and oxygen atoms in total. The average Bonchev–Trinajstić information content (AvgIpc) is 3.87. The Morgan fingerprint density at radius 1 is 0.881 bits per heavy atom. The fourth-order valence-electron chi connectivity index (χ4n) is 7.18. The molecule has 320 valence electrons. The van der Waals surface area contributed by atoms with E-state index >= 15 is 4.79 Å². The quantitative estimate of drug-likeness (QED) is 0.162. The van der Waals surface area contributed by atoms with Crippen molar-refractivity contribution in [3.63, 3.8) is 0 Å². The number of carbonyl (C=O) groups excluding carboxylic acids is 3. The summed E-state index contributed by atoms with van der Waals surface area (Å²) in [6.45, 7) is 13.3. The number of fused-ring (bicyclic) bond motifs is 2. The molecule has 3 amide bonds. The Morgan fingerprint density at radius 3 is 2.14 bits per heavy atom. The Hall–Kier alpha value is -4.11. The van der Waals surface area contributed by atoms with Crippen LogP contribution in [0.5, 0.6) is 22.4 Å². The van der Waals surface area contributed by atoms with Gasteiger partial charge in [-0.05, 0) is 103 Å². The lowest BCUT2D eigenvalue weighted by molar-refractivity contribution is -0.129. The lowest BCUT2D eigenvalue weighted by Crippen LogP contribution is -2.66. The van der Waals surface area contributed by atoms with Crippen molar-refractivity contribution in [2.24, 2.45) is 0 Å². The predicted molar refractivity (Wildman–Crippen MR) is 227 cm³/mol. The van der Waals surface area contributed by atoms with Crippen LogP contribution in [0.2, 0.25) is 15.1 Å². The van der Waals surface area contributed by atoms with Gasteiger partial charge in [0, 0.05) is 37.4 Å². The monoisotopic (exact) mass is 892 g/mol. The standard InChI is InChI=1S/C42H51Cl3N4O9S/c1-23-16-28(43)35(29(44)17-23)55-14-15-56-38-46-19-32(59-38)27-18-26-21-47(39(51)57-41(2,3)4)22-30(49(26)40(52)58-42(5,6)7)33(27)37(50)48(25-11-12-25)20-24-10-13-31(53-8)36(54-9)34(24)45/h10,13,16-17,19,25-26,30H,11-12,14-15,18,20-22H2,1-9H3/t26?,30-/m1/s1. The highest BCUT2D eigenvalue weighted by Gasteiger charge is 2.51. The normalized spacial score (nSPS) is 18.0. The second-order valence-electron chi connectivity index (χ2n) is 16.7. The molecule has 1 saturated carbocycles. The van der Waals surface area contributed by atoms with Crippen molar-refractivity contribution in [1.82, 2.24) is 19.7 Å². The summed E-state index contributed by atoms with van der Waals surface area (Å²) in [6, 6.07) is 5.57. The van der Waals surface area contributed by atoms with Crippen LogP contribution in [0.1, 0.15) is 76.8 Å². The molecule has 2 aliphatic heterocycles. The van der Waals surface area contributed by atoms with E-state index in [1.54, 1.807) is 80.6 Å². The number of hydrogen-bond donors (Lipinski definition) is 0. The molecule has 2 bridgehead atoms. The molecule has 3 aromatic rings. The summed E-state index contributed by atoms with van der Waals surface area (Å²) < 4.78 is 34.7. The molecule has 3 aliphatic rings. The summed E-state index contributed by atoms with van der Waals surface area (Å²) in [4.78, 5) is 53.5. The number of thiazole rings is 1. The van der Waals surface area contributed by atoms with E-state index in [2.05, 4.69) is 4.98 Å². The molecule has 0 spiro atoms. The van der Waals surface area contributed by atoms with Crippen LogP contribution in [0.4, 0.5) is 9.59 Å². The number of halogens is 3. The molecule has 1 aliphatic carbocycles. The summed E-state index contributed by atoms with van der Waals surface area (Å²) in [6.07, 6.45) is 2.35. The SMILES string of the molecule is COc1ccc(CN(C(=O)C2=C(c3cnc(OCCOc4c(Cl)cc(C)cc4Cl)s3)CC3CN(C(=O)OC(C)(C)C)C[C@H]2N3C(=O)OC(C)(C)C)C2CC2)c(Cl)c1OC. The van der Waals surface area contributed by atoms with Crippen LogP contribution in [-0.4, -0.2) is 108 Å². The second kappa shape index (κ2) is 17.9. The molecule has 59 heavy (non-hydrogen) atoms. The van der Waals surface area contributed by atoms with Crippen molar-refractivity contribution >= 4 is 69.8 Å². The number of benzene rings is 2. The third-order valence-corrected chi connectivity index (χ3v) is 11.7. The maximum Gasteiger partial charge on any atom is 0.411 e. The van der Waals surface area contributed by atoms with Crippen LogP contribution in [-0.2, 0) is 20.8 Å². The fourth-order valence-corrected chi connectivity index (χ4v) is 9.04. The first-order valence-corrected chi connectivity index (χ1v) is 21.3. The summed E-state index contributed by atoms with van der Waals surface area (Å²) in [5.74, 6) is 0.893. The van der Waals surface area contributed by atoms with E-state index < -0.39 is 35.5 Å². The van der Waals surface area contributed by atoms with Crippen molar-refractivity contribution in [3.8, 4) is 22.4 Å². The van der Waals surface area contributed by atoms with Crippen LogP contribution in [0, 0.1) is 6.92 Å². The Bertz CT molecular complexity index is 2090. The molecule has 0 radical (unpaired) electrons. The number of ether oxygens (including phenoxy) is 6. The largest absolute Gasteiger partial charge is 0.493 e. The van der Waals surface area contributed by atoms with Gasteiger partial charge < -0.3 is 38.2 Å². The number of rotatable bonds is 12.